The zero-order valence-corrected chi connectivity index (χ0v) is 17.9. The average molecular weight is 401 g/mol. The van der Waals surface area contributed by atoms with Gasteiger partial charge in [-0.05, 0) is 73.8 Å². The van der Waals surface area contributed by atoms with Crippen LogP contribution in [0.15, 0.2) is 84.9 Å². The molecule has 0 bridgehead atoms. The van der Waals surface area contributed by atoms with Crippen LogP contribution in [0.25, 0.3) is 0 Å². The van der Waals surface area contributed by atoms with E-state index in [1.807, 2.05) is 0 Å². The number of hydrogen-bond acceptors (Lipinski definition) is 3. The van der Waals surface area contributed by atoms with Crippen molar-refractivity contribution >= 4 is 11.4 Å². The van der Waals surface area contributed by atoms with E-state index in [2.05, 4.69) is 102 Å². The number of para-hydroxylation sites is 1. The fourth-order valence-corrected chi connectivity index (χ4v) is 4.01. The van der Waals surface area contributed by atoms with Crippen LogP contribution in [0.5, 0.6) is 5.75 Å². The summed E-state index contributed by atoms with van der Waals surface area (Å²) in [5.74, 6) is 1.81. The van der Waals surface area contributed by atoms with Crippen molar-refractivity contribution in [2.45, 2.75) is 26.3 Å². The van der Waals surface area contributed by atoms with Gasteiger partial charge < -0.3 is 9.64 Å². The largest absolute Gasteiger partial charge is 0.492 e. The van der Waals surface area contributed by atoms with Crippen LogP contribution in [0.2, 0.25) is 0 Å². The maximum atomic E-state index is 6.03. The molecule has 0 N–H and O–H groups in total. The van der Waals surface area contributed by atoms with Crippen LogP contribution < -0.4 is 9.64 Å². The third-order valence-electron chi connectivity index (χ3n) is 5.95. The number of hydrogen-bond donors (Lipinski definition) is 0. The Morgan fingerprint density at radius 3 is 2.07 bits per heavy atom. The minimum Gasteiger partial charge on any atom is -0.492 e. The molecule has 3 aromatic carbocycles. The van der Waals surface area contributed by atoms with Gasteiger partial charge in [-0.1, -0.05) is 55.5 Å². The number of likely N-dealkylation sites (tertiary alicyclic amines) is 1. The van der Waals surface area contributed by atoms with Gasteiger partial charge in [0, 0.05) is 24.5 Å². The summed E-state index contributed by atoms with van der Waals surface area (Å²) in [6, 6.07) is 29.7. The zero-order valence-electron chi connectivity index (χ0n) is 17.9. The second-order valence-corrected chi connectivity index (χ2v) is 8.27. The fraction of sp³-hybridized carbons (Fsp3) is 0.333. The summed E-state index contributed by atoms with van der Waals surface area (Å²) in [4.78, 5) is 4.86. The molecule has 4 rings (SSSR count). The first-order chi connectivity index (χ1) is 14.8. The highest BCUT2D eigenvalue weighted by Gasteiger charge is 2.15. The highest BCUT2D eigenvalue weighted by molar-refractivity contribution is 5.64. The van der Waals surface area contributed by atoms with E-state index in [4.69, 9.17) is 4.74 Å². The molecule has 156 valence electrons. The lowest BCUT2D eigenvalue weighted by atomic mass is 9.99. The highest BCUT2D eigenvalue weighted by atomic mass is 16.5. The summed E-state index contributed by atoms with van der Waals surface area (Å²) < 4.78 is 6.03. The molecule has 3 aromatic rings. The molecule has 0 spiro atoms. The Labute approximate surface area is 180 Å². The van der Waals surface area contributed by atoms with Crippen molar-refractivity contribution < 1.29 is 4.74 Å². The van der Waals surface area contributed by atoms with E-state index in [-0.39, 0.29) is 0 Å². The van der Waals surface area contributed by atoms with Crippen molar-refractivity contribution in [3.05, 3.63) is 90.5 Å². The molecule has 0 unspecified atom stereocenters. The van der Waals surface area contributed by atoms with Crippen molar-refractivity contribution in [3.63, 3.8) is 0 Å². The molecule has 0 amide bonds. The molecule has 1 fully saturated rings. The lowest BCUT2D eigenvalue weighted by molar-refractivity contribution is 0.160. The molecule has 0 atom stereocenters. The van der Waals surface area contributed by atoms with Crippen LogP contribution in [0, 0.1) is 5.92 Å². The Kier molecular flexibility index (Phi) is 7.04. The highest BCUT2D eigenvalue weighted by Crippen LogP contribution is 2.29. The van der Waals surface area contributed by atoms with E-state index in [9.17, 15) is 0 Å². The summed E-state index contributed by atoms with van der Waals surface area (Å²) in [6.45, 7) is 7.35. The average Bonchev–Trinajstić information content (AvgIpc) is 2.81. The fourth-order valence-electron chi connectivity index (χ4n) is 4.01. The monoisotopic (exact) mass is 400 g/mol. The minimum absolute atomic E-state index is 0.750. The van der Waals surface area contributed by atoms with Gasteiger partial charge >= 0.3 is 0 Å². The molecule has 1 aliphatic heterocycles. The van der Waals surface area contributed by atoms with Gasteiger partial charge in [-0.3, -0.25) is 4.90 Å². The standard InChI is InChI=1S/C27H32N2O/c1-23-16-18-28(19-17-23)20-21-30-27-14-12-26(13-15-27)29(25-10-6-3-7-11-25)22-24-8-4-2-5-9-24/h2-15,23H,16-22H2,1H3. The smallest absolute Gasteiger partial charge is 0.119 e. The van der Waals surface area contributed by atoms with Gasteiger partial charge in [-0.2, -0.15) is 0 Å². The SMILES string of the molecule is CC1CCN(CCOc2ccc(N(Cc3ccccc3)c3ccccc3)cc2)CC1. The van der Waals surface area contributed by atoms with E-state index in [1.165, 1.54) is 42.9 Å². The molecule has 30 heavy (non-hydrogen) atoms. The van der Waals surface area contributed by atoms with Gasteiger partial charge in [0.2, 0.25) is 0 Å². The molecular formula is C27H32N2O. The maximum absolute atomic E-state index is 6.03. The third kappa shape index (κ3) is 5.64. The minimum atomic E-state index is 0.750. The van der Waals surface area contributed by atoms with Crippen molar-refractivity contribution in [2.75, 3.05) is 31.1 Å². The van der Waals surface area contributed by atoms with Crippen molar-refractivity contribution in [1.82, 2.24) is 4.90 Å². The molecule has 3 nitrogen and oxygen atoms in total. The van der Waals surface area contributed by atoms with E-state index in [0.29, 0.717) is 0 Å². The maximum Gasteiger partial charge on any atom is 0.119 e. The number of nitrogens with zero attached hydrogens (tertiary/aromatic N) is 2. The molecule has 0 radical (unpaired) electrons. The van der Waals surface area contributed by atoms with Gasteiger partial charge in [0.25, 0.3) is 0 Å². The number of piperidine rings is 1. The van der Waals surface area contributed by atoms with Crippen LogP contribution in [0.3, 0.4) is 0 Å². The molecule has 0 saturated carbocycles. The van der Waals surface area contributed by atoms with Gasteiger partial charge in [0.15, 0.2) is 0 Å². The normalized spacial score (nSPS) is 15.1. The van der Waals surface area contributed by atoms with E-state index >= 15 is 0 Å². The predicted molar refractivity (Wildman–Crippen MR) is 126 cm³/mol. The number of benzene rings is 3. The molecular weight excluding hydrogens is 368 g/mol. The summed E-state index contributed by atoms with van der Waals surface area (Å²) in [7, 11) is 0. The zero-order chi connectivity index (χ0) is 20.6. The first-order valence-corrected chi connectivity index (χ1v) is 11.1. The molecule has 0 aliphatic carbocycles. The first-order valence-electron chi connectivity index (χ1n) is 11.1. The molecule has 1 heterocycles. The van der Waals surface area contributed by atoms with Gasteiger partial charge in [-0.15, -0.1) is 0 Å². The molecule has 1 aliphatic rings. The number of rotatable bonds is 8. The summed E-state index contributed by atoms with van der Waals surface area (Å²) in [6.07, 6.45) is 2.62. The third-order valence-corrected chi connectivity index (χ3v) is 5.95. The Balaban J connectivity index is 1.39. The lowest BCUT2D eigenvalue weighted by Crippen LogP contribution is -2.35. The molecule has 1 saturated heterocycles. The van der Waals surface area contributed by atoms with Gasteiger partial charge in [0.1, 0.15) is 12.4 Å². The van der Waals surface area contributed by atoms with Crippen molar-refractivity contribution in [3.8, 4) is 5.75 Å². The second kappa shape index (κ2) is 10.3. The Morgan fingerprint density at radius 1 is 0.800 bits per heavy atom. The van der Waals surface area contributed by atoms with E-state index in [0.717, 1.165) is 31.4 Å². The number of anilines is 2. The van der Waals surface area contributed by atoms with Crippen molar-refractivity contribution in [2.24, 2.45) is 5.92 Å². The Bertz CT molecular complexity index is 872. The van der Waals surface area contributed by atoms with Crippen LogP contribution >= 0.6 is 0 Å². The Morgan fingerprint density at radius 2 is 1.40 bits per heavy atom. The quantitative estimate of drug-likeness (QED) is 0.452. The van der Waals surface area contributed by atoms with E-state index in [1.54, 1.807) is 0 Å². The summed E-state index contributed by atoms with van der Waals surface area (Å²) in [5, 5.41) is 0. The van der Waals surface area contributed by atoms with E-state index < -0.39 is 0 Å². The first kappa shape index (κ1) is 20.5. The lowest BCUT2D eigenvalue weighted by Gasteiger charge is -2.30. The number of ether oxygens (including phenoxy) is 1. The summed E-state index contributed by atoms with van der Waals surface area (Å²) >= 11 is 0. The van der Waals surface area contributed by atoms with Crippen LogP contribution in [0.1, 0.15) is 25.3 Å². The molecule has 0 aromatic heterocycles. The van der Waals surface area contributed by atoms with Crippen LogP contribution in [0.4, 0.5) is 11.4 Å². The Hall–Kier alpha value is -2.78. The summed E-state index contributed by atoms with van der Waals surface area (Å²) in [5.41, 5.74) is 3.65. The van der Waals surface area contributed by atoms with Gasteiger partial charge in [-0.25, -0.2) is 0 Å². The molecule has 3 heteroatoms. The second-order valence-electron chi connectivity index (χ2n) is 8.27. The van der Waals surface area contributed by atoms with Crippen LogP contribution in [-0.2, 0) is 6.54 Å². The van der Waals surface area contributed by atoms with Gasteiger partial charge in [0.05, 0.1) is 0 Å². The topological polar surface area (TPSA) is 15.7 Å². The van der Waals surface area contributed by atoms with Crippen molar-refractivity contribution in [1.29, 1.82) is 0 Å². The van der Waals surface area contributed by atoms with Crippen LogP contribution in [-0.4, -0.2) is 31.1 Å². The predicted octanol–water partition coefficient (Wildman–Crippen LogP) is 6.14.